The minimum Gasteiger partial charge on any atom is -0.262 e. The first-order chi connectivity index (χ1) is 7.58. The second-order valence-corrected chi connectivity index (χ2v) is 3.95. The molecule has 0 aliphatic rings. The highest BCUT2D eigenvalue weighted by Gasteiger charge is 1.82. The summed E-state index contributed by atoms with van der Waals surface area (Å²) >= 11 is 0. The molecule has 0 unspecified atom stereocenters. The highest BCUT2D eigenvalue weighted by molar-refractivity contribution is 5.13. The van der Waals surface area contributed by atoms with E-state index in [4.69, 9.17) is 0 Å². The molecule has 0 spiro atoms. The second kappa shape index (κ2) is 7.55. The lowest BCUT2D eigenvalue weighted by Gasteiger charge is -1.90. The molecule has 2 aromatic rings. The van der Waals surface area contributed by atoms with Gasteiger partial charge in [-0.3, -0.25) is 9.97 Å². The Morgan fingerprint density at radius 3 is 1.24 bits per heavy atom. The highest BCUT2D eigenvalue weighted by atomic mass is 14.6. The standard InChI is InChI=1S/2C7H9N.CH4/c2*1-6-3-4-8-7(2)5-6;/h2*3-5H,1-2H3;1H4. The third-order valence-electron chi connectivity index (χ3n) is 2.10. The first-order valence-corrected chi connectivity index (χ1v) is 5.36. The van der Waals surface area contributed by atoms with Gasteiger partial charge in [0.25, 0.3) is 0 Å². The first kappa shape index (κ1) is 15.3. The van der Waals surface area contributed by atoms with Crippen molar-refractivity contribution in [2.24, 2.45) is 0 Å². The summed E-state index contributed by atoms with van der Waals surface area (Å²) in [5.41, 5.74) is 4.73. The molecule has 0 aromatic carbocycles. The molecule has 0 saturated heterocycles. The summed E-state index contributed by atoms with van der Waals surface area (Å²) in [5.74, 6) is 0. The monoisotopic (exact) mass is 230 g/mol. The molecule has 0 amide bonds. The summed E-state index contributed by atoms with van der Waals surface area (Å²) in [6.07, 6.45) is 3.65. The SMILES string of the molecule is C.Cc1ccnc(C)c1.Cc1ccnc(C)c1. The molecule has 0 fully saturated rings. The van der Waals surface area contributed by atoms with Crippen LogP contribution in [0.5, 0.6) is 0 Å². The van der Waals surface area contributed by atoms with Gasteiger partial charge in [-0.2, -0.15) is 0 Å². The maximum absolute atomic E-state index is 4.04. The lowest BCUT2D eigenvalue weighted by atomic mass is 10.3. The van der Waals surface area contributed by atoms with E-state index in [1.807, 2.05) is 38.4 Å². The van der Waals surface area contributed by atoms with E-state index in [-0.39, 0.29) is 7.43 Å². The molecule has 2 aromatic heterocycles. The van der Waals surface area contributed by atoms with Crippen LogP contribution in [0, 0.1) is 27.7 Å². The van der Waals surface area contributed by atoms with Gasteiger partial charge in [0, 0.05) is 23.8 Å². The van der Waals surface area contributed by atoms with Crippen LogP contribution in [-0.2, 0) is 0 Å². The Balaban J connectivity index is 0.000000284. The molecule has 2 heterocycles. The third kappa shape index (κ3) is 6.46. The van der Waals surface area contributed by atoms with Crippen molar-refractivity contribution in [3.8, 4) is 0 Å². The van der Waals surface area contributed by atoms with Crippen molar-refractivity contribution in [2.75, 3.05) is 0 Å². The van der Waals surface area contributed by atoms with Gasteiger partial charge in [0.15, 0.2) is 0 Å². The van der Waals surface area contributed by atoms with E-state index in [1.165, 1.54) is 11.1 Å². The number of hydrogen-bond acceptors (Lipinski definition) is 2. The van der Waals surface area contributed by atoms with Crippen LogP contribution >= 0.6 is 0 Å². The molecule has 92 valence electrons. The molecule has 0 aliphatic carbocycles. The van der Waals surface area contributed by atoms with Gasteiger partial charge in [-0.05, 0) is 63.1 Å². The number of aromatic nitrogens is 2. The van der Waals surface area contributed by atoms with Crippen LogP contribution in [-0.4, -0.2) is 9.97 Å². The Labute approximate surface area is 105 Å². The van der Waals surface area contributed by atoms with E-state index in [1.54, 1.807) is 0 Å². The van der Waals surface area contributed by atoms with Crippen LogP contribution in [0.1, 0.15) is 29.9 Å². The summed E-state index contributed by atoms with van der Waals surface area (Å²) in [7, 11) is 0. The molecule has 2 rings (SSSR count). The fourth-order valence-corrected chi connectivity index (χ4v) is 1.37. The Hall–Kier alpha value is -1.70. The molecule has 17 heavy (non-hydrogen) atoms. The minimum absolute atomic E-state index is 0. The molecule has 0 aliphatic heterocycles. The number of nitrogens with zero attached hydrogens (tertiary/aromatic N) is 2. The summed E-state index contributed by atoms with van der Waals surface area (Å²) in [6.45, 7) is 8.11. The van der Waals surface area contributed by atoms with Crippen LogP contribution in [0.4, 0.5) is 0 Å². The van der Waals surface area contributed by atoms with Gasteiger partial charge in [-0.25, -0.2) is 0 Å². The van der Waals surface area contributed by atoms with Crippen LogP contribution in [0.15, 0.2) is 36.7 Å². The molecule has 0 radical (unpaired) electrons. The maximum Gasteiger partial charge on any atom is 0.0375 e. The molecular formula is C15H22N2. The molecule has 0 atom stereocenters. The predicted octanol–water partition coefficient (Wildman–Crippen LogP) is 4.03. The largest absolute Gasteiger partial charge is 0.262 e. The smallest absolute Gasteiger partial charge is 0.0375 e. The van der Waals surface area contributed by atoms with Crippen molar-refractivity contribution >= 4 is 0 Å². The molecule has 2 heteroatoms. The average Bonchev–Trinajstić information content (AvgIpc) is 2.17. The first-order valence-electron chi connectivity index (χ1n) is 5.36. The van der Waals surface area contributed by atoms with Crippen molar-refractivity contribution in [2.45, 2.75) is 35.1 Å². The Morgan fingerprint density at radius 1 is 0.706 bits per heavy atom. The summed E-state index contributed by atoms with van der Waals surface area (Å²) in [4.78, 5) is 8.08. The second-order valence-electron chi connectivity index (χ2n) is 3.95. The fourth-order valence-electron chi connectivity index (χ4n) is 1.37. The quantitative estimate of drug-likeness (QED) is 0.682. The Morgan fingerprint density at radius 2 is 1.06 bits per heavy atom. The zero-order valence-corrected chi connectivity index (χ0v) is 10.4. The Bertz CT molecular complexity index is 372. The molecule has 0 bridgehead atoms. The van der Waals surface area contributed by atoms with E-state index < -0.39 is 0 Å². The normalized spacial score (nSPS) is 8.71. The molecule has 2 nitrogen and oxygen atoms in total. The van der Waals surface area contributed by atoms with Crippen LogP contribution in [0.3, 0.4) is 0 Å². The van der Waals surface area contributed by atoms with Gasteiger partial charge in [0.05, 0.1) is 0 Å². The topological polar surface area (TPSA) is 25.8 Å². The lowest BCUT2D eigenvalue weighted by molar-refractivity contribution is 1.18. The van der Waals surface area contributed by atoms with E-state index in [0.717, 1.165) is 11.4 Å². The molecule has 0 N–H and O–H groups in total. The molecule has 0 saturated carbocycles. The van der Waals surface area contributed by atoms with Gasteiger partial charge >= 0.3 is 0 Å². The van der Waals surface area contributed by atoms with Crippen molar-refractivity contribution in [1.82, 2.24) is 9.97 Å². The van der Waals surface area contributed by atoms with Crippen molar-refractivity contribution in [3.05, 3.63) is 59.2 Å². The summed E-state index contributed by atoms with van der Waals surface area (Å²) in [6, 6.07) is 8.10. The average molecular weight is 230 g/mol. The molecular weight excluding hydrogens is 208 g/mol. The van der Waals surface area contributed by atoms with E-state index in [0.29, 0.717) is 0 Å². The van der Waals surface area contributed by atoms with Crippen LogP contribution in [0.25, 0.3) is 0 Å². The van der Waals surface area contributed by atoms with Gasteiger partial charge < -0.3 is 0 Å². The van der Waals surface area contributed by atoms with E-state index >= 15 is 0 Å². The van der Waals surface area contributed by atoms with Crippen LogP contribution in [0.2, 0.25) is 0 Å². The van der Waals surface area contributed by atoms with Crippen molar-refractivity contribution in [3.63, 3.8) is 0 Å². The fraction of sp³-hybridized carbons (Fsp3) is 0.333. The van der Waals surface area contributed by atoms with Crippen molar-refractivity contribution in [1.29, 1.82) is 0 Å². The lowest BCUT2D eigenvalue weighted by Crippen LogP contribution is -1.78. The number of aryl methyl sites for hydroxylation is 4. The van der Waals surface area contributed by atoms with Gasteiger partial charge in [0.2, 0.25) is 0 Å². The number of rotatable bonds is 0. The van der Waals surface area contributed by atoms with Crippen LogP contribution < -0.4 is 0 Å². The maximum atomic E-state index is 4.04. The summed E-state index contributed by atoms with van der Waals surface area (Å²) < 4.78 is 0. The highest BCUT2D eigenvalue weighted by Crippen LogP contribution is 1.96. The van der Waals surface area contributed by atoms with E-state index in [2.05, 4.69) is 35.9 Å². The van der Waals surface area contributed by atoms with Gasteiger partial charge in [-0.1, -0.05) is 7.43 Å². The predicted molar refractivity (Wildman–Crippen MR) is 74.2 cm³/mol. The third-order valence-corrected chi connectivity index (χ3v) is 2.10. The number of hydrogen-bond donors (Lipinski definition) is 0. The zero-order valence-electron chi connectivity index (χ0n) is 10.4. The zero-order chi connectivity index (χ0) is 12.0. The summed E-state index contributed by atoms with van der Waals surface area (Å²) in [5, 5.41) is 0. The van der Waals surface area contributed by atoms with Crippen molar-refractivity contribution < 1.29 is 0 Å². The van der Waals surface area contributed by atoms with Gasteiger partial charge in [0.1, 0.15) is 0 Å². The number of pyridine rings is 2. The Kier molecular flexibility index (Phi) is 6.80. The van der Waals surface area contributed by atoms with Gasteiger partial charge in [-0.15, -0.1) is 0 Å². The minimum atomic E-state index is 0. The van der Waals surface area contributed by atoms with E-state index in [9.17, 15) is 0 Å².